The molecule has 0 aromatic heterocycles. The maximum Gasteiger partial charge on any atom is 0.417 e. The van der Waals surface area contributed by atoms with E-state index >= 15 is 0 Å². The Bertz CT molecular complexity index is 1400. The second kappa shape index (κ2) is 11.8. The molecular weight excluding hydrogens is 549 g/mol. The summed E-state index contributed by atoms with van der Waals surface area (Å²) < 4.78 is 83.6. The highest BCUT2D eigenvalue weighted by molar-refractivity contribution is 7.92. The van der Waals surface area contributed by atoms with Crippen molar-refractivity contribution in [2.45, 2.75) is 18.0 Å². The quantitative estimate of drug-likeness (QED) is 0.339. The van der Waals surface area contributed by atoms with Gasteiger partial charge >= 0.3 is 6.18 Å². The summed E-state index contributed by atoms with van der Waals surface area (Å²) >= 11 is 5.64. The van der Waals surface area contributed by atoms with Crippen LogP contribution in [0.25, 0.3) is 0 Å². The van der Waals surface area contributed by atoms with Crippen molar-refractivity contribution in [1.29, 1.82) is 0 Å². The van der Waals surface area contributed by atoms with Crippen molar-refractivity contribution in [3.63, 3.8) is 0 Å². The molecule has 0 aliphatic carbocycles. The number of sulfonamides is 1. The van der Waals surface area contributed by atoms with Gasteiger partial charge in [-0.05, 0) is 61.5 Å². The lowest BCUT2D eigenvalue weighted by Crippen LogP contribution is -2.38. The molecule has 8 nitrogen and oxygen atoms in total. The van der Waals surface area contributed by atoms with Crippen LogP contribution < -0.4 is 23.8 Å². The van der Waals surface area contributed by atoms with E-state index in [0.717, 1.165) is 10.4 Å². The predicted octanol–water partition coefficient (Wildman–Crippen LogP) is 5.61. The molecule has 1 amide bonds. The van der Waals surface area contributed by atoms with E-state index in [-0.39, 0.29) is 22.0 Å². The molecule has 204 valence electrons. The van der Waals surface area contributed by atoms with Crippen LogP contribution in [0.2, 0.25) is 5.02 Å². The SMILES string of the molecule is CCOc1ccc(N(CC(=O)Nc2ccc(Cl)c(C(F)(F)F)c2)S(=O)(=O)c2ccc(OC)c(OC)c2)cc1. The third-order valence-corrected chi connectivity index (χ3v) is 7.32. The van der Waals surface area contributed by atoms with E-state index in [2.05, 4.69) is 5.32 Å². The third kappa shape index (κ3) is 6.62. The number of ether oxygens (including phenoxy) is 3. The summed E-state index contributed by atoms with van der Waals surface area (Å²) in [6.07, 6.45) is -4.75. The third-order valence-electron chi connectivity index (χ3n) is 5.22. The number of amides is 1. The van der Waals surface area contributed by atoms with E-state index in [4.69, 9.17) is 25.8 Å². The summed E-state index contributed by atoms with van der Waals surface area (Å²) in [5.74, 6) is 0.0222. The Morgan fingerprint density at radius 1 is 0.974 bits per heavy atom. The first-order valence-electron chi connectivity index (χ1n) is 11.0. The van der Waals surface area contributed by atoms with Crippen molar-refractivity contribution >= 4 is 38.9 Å². The molecule has 0 heterocycles. The minimum Gasteiger partial charge on any atom is -0.494 e. The first-order chi connectivity index (χ1) is 17.9. The number of anilines is 2. The highest BCUT2D eigenvalue weighted by atomic mass is 35.5. The Hall–Kier alpha value is -3.64. The molecule has 0 aliphatic heterocycles. The molecule has 38 heavy (non-hydrogen) atoms. The van der Waals surface area contributed by atoms with Crippen molar-refractivity contribution in [2.75, 3.05) is 37.0 Å². The lowest BCUT2D eigenvalue weighted by Gasteiger charge is -2.25. The number of benzene rings is 3. The molecule has 0 radical (unpaired) electrons. The number of rotatable bonds is 10. The van der Waals surface area contributed by atoms with Gasteiger partial charge in [-0.2, -0.15) is 13.2 Å². The largest absolute Gasteiger partial charge is 0.494 e. The van der Waals surface area contributed by atoms with Crippen LogP contribution in [0.15, 0.2) is 65.6 Å². The van der Waals surface area contributed by atoms with Gasteiger partial charge in [-0.25, -0.2) is 8.42 Å². The fraction of sp³-hybridized carbons (Fsp3) is 0.240. The highest BCUT2D eigenvalue weighted by Crippen LogP contribution is 2.36. The Balaban J connectivity index is 1.99. The molecule has 0 spiro atoms. The summed E-state index contributed by atoms with van der Waals surface area (Å²) in [5, 5.41) is 1.77. The number of hydrogen-bond donors (Lipinski definition) is 1. The van der Waals surface area contributed by atoms with E-state index in [1.807, 2.05) is 0 Å². The molecule has 3 rings (SSSR count). The van der Waals surface area contributed by atoms with E-state index in [1.165, 1.54) is 62.8 Å². The van der Waals surface area contributed by atoms with Crippen LogP contribution in [0.3, 0.4) is 0 Å². The van der Waals surface area contributed by atoms with Gasteiger partial charge in [0.2, 0.25) is 5.91 Å². The summed E-state index contributed by atoms with van der Waals surface area (Å²) in [5.41, 5.74) is -1.23. The highest BCUT2D eigenvalue weighted by Gasteiger charge is 2.34. The average molecular weight is 573 g/mol. The lowest BCUT2D eigenvalue weighted by atomic mass is 10.2. The van der Waals surface area contributed by atoms with Gasteiger partial charge in [-0.3, -0.25) is 9.10 Å². The molecule has 0 saturated heterocycles. The van der Waals surface area contributed by atoms with E-state index in [0.29, 0.717) is 24.2 Å². The van der Waals surface area contributed by atoms with Crippen LogP contribution >= 0.6 is 11.6 Å². The number of nitrogens with one attached hydrogen (secondary N) is 1. The molecule has 13 heteroatoms. The summed E-state index contributed by atoms with van der Waals surface area (Å²) in [6.45, 7) is 1.41. The Kier molecular flexibility index (Phi) is 9.00. The van der Waals surface area contributed by atoms with Crippen molar-refractivity contribution in [1.82, 2.24) is 0 Å². The molecule has 0 unspecified atom stereocenters. The number of hydrogen-bond acceptors (Lipinski definition) is 6. The number of nitrogens with zero attached hydrogens (tertiary/aromatic N) is 1. The van der Waals surface area contributed by atoms with Crippen LogP contribution in [-0.2, 0) is 21.0 Å². The standard InChI is InChI=1S/C25H24ClF3N2O6S/c1-4-37-18-8-6-17(7-9-18)31(38(33,34)19-10-12-22(35-2)23(14-19)36-3)15-24(32)30-16-5-11-21(26)20(13-16)25(27,28)29/h5-14H,4,15H2,1-3H3,(H,30,32). The number of methoxy groups -OCH3 is 2. The van der Waals surface area contributed by atoms with E-state index in [1.54, 1.807) is 6.92 Å². The second-order valence-corrected chi connectivity index (χ2v) is 9.97. The smallest absolute Gasteiger partial charge is 0.417 e. The van der Waals surface area contributed by atoms with Gasteiger partial charge in [0.25, 0.3) is 10.0 Å². The molecule has 3 aromatic rings. The Morgan fingerprint density at radius 2 is 1.63 bits per heavy atom. The van der Waals surface area contributed by atoms with Crippen LogP contribution in [0, 0.1) is 0 Å². The predicted molar refractivity (Wildman–Crippen MR) is 137 cm³/mol. The summed E-state index contributed by atoms with van der Waals surface area (Å²) in [7, 11) is -1.63. The molecule has 1 N–H and O–H groups in total. The maximum absolute atomic E-state index is 13.7. The molecule has 0 saturated carbocycles. The summed E-state index contributed by atoms with van der Waals surface area (Å²) in [4.78, 5) is 12.7. The van der Waals surface area contributed by atoms with Gasteiger partial charge in [0.1, 0.15) is 12.3 Å². The zero-order valence-electron chi connectivity index (χ0n) is 20.5. The monoisotopic (exact) mass is 572 g/mol. The second-order valence-electron chi connectivity index (χ2n) is 7.70. The van der Waals surface area contributed by atoms with Crippen molar-refractivity contribution in [3.8, 4) is 17.2 Å². The van der Waals surface area contributed by atoms with Crippen LogP contribution in [-0.4, -0.2) is 41.7 Å². The zero-order valence-corrected chi connectivity index (χ0v) is 22.1. The van der Waals surface area contributed by atoms with Gasteiger partial charge in [-0.15, -0.1) is 0 Å². The Morgan fingerprint density at radius 3 is 2.21 bits per heavy atom. The van der Waals surface area contributed by atoms with E-state index < -0.39 is 39.2 Å². The fourth-order valence-electron chi connectivity index (χ4n) is 3.45. The molecule has 0 aliphatic rings. The number of carbonyl (C=O) groups excluding carboxylic acids is 1. The number of alkyl halides is 3. The van der Waals surface area contributed by atoms with Gasteiger partial charge < -0.3 is 19.5 Å². The van der Waals surface area contributed by atoms with E-state index in [9.17, 15) is 26.4 Å². The normalized spacial score (nSPS) is 11.6. The van der Waals surface area contributed by atoms with Gasteiger partial charge in [-0.1, -0.05) is 11.6 Å². The maximum atomic E-state index is 13.7. The van der Waals surface area contributed by atoms with Crippen molar-refractivity contribution in [2.24, 2.45) is 0 Å². The zero-order chi connectivity index (χ0) is 28.1. The molecule has 0 atom stereocenters. The Labute approximate surface area is 222 Å². The minimum atomic E-state index is -4.75. The first kappa shape index (κ1) is 28.9. The van der Waals surface area contributed by atoms with Gasteiger partial charge in [0.15, 0.2) is 11.5 Å². The topological polar surface area (TPSA) is 94.2 Å². The molecular formula is C25H24ClF3N2O6S. The van der Waals surface area contributed by atoms with Crippen molar-refractivity contribution in [3.05, 3.63) is 71.2 Å². The molecule has 0 bridgehead atoms. The molecule has 3 aromatic carbocycles. The first-order valence-corrected chi connectivity index (χ1v) is 12.9. The lowest BCUT2D eigenvalue weighted by molar-refractivity contribution is -0.137. The minimum absolute atomic E-state index is 0.116. The van der Waals surface area contributed by atoms with Crippen molar-refractivity contribution < 1.29 is 40.6 Å². The van der Waals surface area contributed by atoms with Crippen LogP contribution in [0.5, 0.6) is 17.2 Å². The fourth-order valence-corrected chi connectivity index (χ4v) is 5.11. The van der Waals surface area contributed by atoms with Gasteiger partial charge in [0.05, 0.1) is 42.0 Å². The summed E-state index contributed by atoms with van der Waals surface area (Å²) in [6, 6.07) is 12.7. The molecule has 0 fully saturated rings. The van der Waals surface area contributed by atoms with Crippen LogP contribution in [0.1, 0.15) is 12.5 Å². The van der Waals surface area contributed by atoms with Crippen LogP contribution in [0.4, 0.5) is 24.5 Å². The number of halogens is 4. The number of carbonyl (C=O) groups is 1. The average Bonchev–Trinajstić information content (AvgIpc) is 2.88. The van der Waals surface area contributed by atoms with Gasteiger partial charge in [0, 0.05) is 11.8 Å².